The summed E-state index contributed by atoms with van der Waals surface area (Å²) in [6.07, 6.45) is 0. The molecule has 0 saturated carbocycles. The summed E-state index contributed by atoms with van der Waals surface area (Å²) in [7, 11) is 0. The number of benzene rings is 2. The van der Waals surface area contributed by atoms with Crippen LogP contribution in [0.2, 0.25) is 5.02 Å². The zero-order chi connectivity index (χ0) is 21.4. The summed E-state index contributed by atoms with van der Waals surface area (Å²) >= 11 is 6.33. The maximum absolute atomic E-state index is 12.0. The number of amides is 1. The lowest BCUT2D eigenvalue weighted by Gasteiger charge is -2.11. The van der Waals surface area contributed by atoms with E-state index < -0.39 is 11.3 Å². The molecule has 0 radical (unpaired) electrons. The summed E-state index contributed by atoms with van der Waals surface area (Å²) < 4.78 is 16.3. The Bertz CT molecular complexity index is 1420. The maximum atomic E-state index is 12.0. The van der Waals surface area contributed by atoms with Crippen LogP contribution >= 0.6 is 11.6 Å². The van der Waals surface area contributed by atoms with Gasteiger partial charge in [-0.05, 0) is 30.7 Å². The van der Waals surface area contributed by atoms with Crippen LogP contribution in [0.15, 0.2) is 60.9 Å². The Hall–Kier alpha value is -3.58. The first kappa shape index (κ1) is 19.7. The van der Waals surface area contributed by atoms with Crippen molar-refractivity contribution in [3.63, 3.8) is 0 Å². The Morgan fingerprint density at radius 1 is 1.00 bits per heavy atom. The molecule has 2 aromatic heterocycles. The predicted octanol–water partition coefficient (Wildman–Crippen LogP) is 4.40. The highest BCUT2D eigenvalue weighted by molar-refractivity contribution is 6.32. The van der Waals surface area contributed by atoms with E-state index in [1.54, 1.807) is 37.3 Å². The molecule has 30 heavy (non-hydrogen) atoms. The molecule has 2 aromatic carbocycles. The number of carbonyl (C=O) groups excluding carboxylic acids is 1. The van der Waals surface area contributed by atoms with Gasteiger partial charge in [0.2, 0.25) is 5.91 Å². The molecule has 2 heterocycles. The van der Waals surface area contributed by atoms with Crippen LogP contribution in [-0.4, -0.2) is 5.91 Å². The number of rotatable bonds is 4. The average Bonchev–Trinajstić information content (AvgIpc) is 2.66. The number of hydrogen-bond donors (Lipinski definition) is 1. The molecular formula is C22H16ClNO6. The summed E-state index contributed by atoms with van der Waals surface area (Å²) in [5, 5.41) is 4.36. The van der Waals surface area contributed by atoms with Gasteiger partial charge >= 0.3 is 11.3 Å². The molecular weight excluding hydrogens is 410 g/mol. The summed E-state index contributed by atoms with van der Waals surface area (Å²) in [6.45, 7) is 3.21. The van der Waals surface area contributed by atoms with Crippen molar-refractivity contribution in [1.29, 1.82) is 0 Å². The Balaban J connectivity index is 1.69. The van der Waals surface area contributed by atoms with Crippen molar-refractivity contribution in [1.82, 2.24) is 0 Å². The second kappa shape index (κ2) is 7.68. The average molecular weight is 426 g/mol. The molecule has 0 aliphatic carbocycles. The van der Waals surface area contributed by atoms with Crippen molar-refractivity contribution in [3.05, 3.63) is 79.5 Å². The Kier molecular flexibility index (Phi) is 5.05. The number of ether oxygens (including phenoxy) is 1. The second-order valence-corrected chi connectivity index (χ2v) is 7.21. The van der Waals surface area contributed by atoms with E-state index in [1.165, 1.54) is 19.1 Å². The molecule has 0 saturated heterocycles. The van der Waals surface area contributed by atoms with E-state index in [9.17, 15) is 14.4 Å². The van der Waals surface area contributed by atoms with Gasteiger partial charge in [0.1, 0.15) is 23.5 Å². The van der Waals surface area contributed by atoms with Crippen molar-refractivity contribution >= 4 is 45.1 Å². The summed E-state index contributed by atoms with van der Waals surface area (Å²) in [5.74, 6) is 0.0817. The van der Waals surface area contributed by atoms with Crippen molar-refractivity contribution < 1.29 is 18.4 Å². The molecule has 4 rings (SSSR count). The molecule has 7 nitrogen and oxygen atoms in total. The zero-order valence-electron chi connectivity index (χ0n) is 16.1. The standard InChI is InChI=1S/C22H16ClNO6/c1-11-5-21(26)30-19-9-20(17(23)8-16(11)19)28-10-13-6-22(27)29-18-7-14(24-12(2)25)3-4-15(13)18/h3-9H,10H2,1-2H3,(H,24,25). The summed E-state index contributed by atoms with van der Waals surface area (Å²) in [5.41, 5.74) is 1.51. The summed E-state index contributed by atoms with van der Waals surface area (Å²) in [4.78, 5) is 34.9. The quantitative estimate of drug-likeness (QED) is 0.486. The third kappa shape index (κ3) is 3.92. The van der Waals surface area contributed by atoms with Gasteiger partial charge in [-0.1, -0.05) is 11.6 Å². The molecule has 0 aliphatic heterocycles. The van der Waals surface area contributed by atoms with Crippen LogP contribution in [0.25, 0.3) is 21.9 Å². The zero-order valence-corrected chi connectivity index (χ0v) is 16.8. The van der Waals surface area contributed by atoms with Crippen LogP contribution in [0, 0.1) is 6.92 Å². The fourth-order valence-corrected chi connectivity index (χ4v) is 3.43. The van der Waals surface area contributed by atoms with Crippen molar-refractivity contribution in [2.24, 2.45) is 0 Å². The van der Waals surface area contributed by atoms with E-state index in [0.717, 1.165) is 5.56 Å². The van der Waals surface area contributed by atoms with Gasteiger partial charge in [-0.3, -0.25) is 4.79 Å². The molecule has 0 aliphatic rings. The van der Waals surface area contributed by atoms with E-state index in [0.29, 0.717) is 44.0 Å². The van der Waals surface area contributed by atoms with Crippen LogP contribution in [0.1, 0.15) is 18.1 Å². The maximum Gasteiger partial charge on any atom is 0.336 e. The molecule has 0 bridgehead atoms. The van der Waals surface area contributed by atoms with Crippen molar-refractivity contribution in [2.45, 2.75) is 20.5 Å². The van der Waals surface area contributed by atoms with Crippen LogP contribution in [0.5, 0.6) is 5.75 Å². The molecule has 0 spiro atoms. The van der Waals surface area contributed by atoms with E-state index in [4.69, 9.17) is 25.2 Å². The number of nitrogens with one attached hydrogen (secondary N) is 1. The first-order chi connectivity index (χ1) is 14.3. The van der Waals surface area contributed by atoms with Crippen molar-refractivity contribution in [3.8, 4) is 5.75 Å². The smallest absolute Gasteiger partial charge is 0.336 e. The third-order valence-electron chi connectivity index (χ3n) is 4.54. The van der Waals surface area contributed by atoms with Gasteiger partial charge in [-0.2, -0.15) is 0 Å². The number of aryl methyl sites for hydroxylation is 1. The molecule has 1 N–H and O–H groups in total. The van der Waals surface area contributed by atoms with E-state index in [-0.39, 0.29) is 12.5 Å². The SMILES string of the molecule is CC(=O)Nc1ccc2c(COc3cc4oc(=O)cc(C)c4cc3Cl)cc(=O)oc2c1. The van der Waals surface area contributed by atoms with Gasteiger partial charge in [0.25, 0.3) is 0 Å². The van der Waals surface area contributed by atoms with Crippen LogP contribution in [-0.2, 0) is 11.4 Å². The van der Waals surface area contributed by atoms with E-state index in [1.807, 2.05) is 0 Å². The van der Waals surface area contributed by atoms with Crippen LogP contribution in [0.3, 0.4) is 0 Å². The lowest BCUT2D eigenvalue weighted by atomic mass is 10.1. The van der Waals surface area contributed by atoms with Crippen LogP contribution in [0.4, 0.5) is 5.69 Å². The van der Waals surface area contributed by atoms with E-state index in [2.05, 4.69) is 5.32 Å². The minimum absolute atomic E-state index is 0.0306. The molecule has 1 amide bonds. The minimum atomic E-state index is -0.549. The predicted molar refractivity (Wildman–Crippen MR) is 113 cm³/mol. The highest BCUT2D eigenvalue weighted by atomic mass is 35.5. The topological polar surface area (TPSA) is 98.7 Å². The Labute approximate surface area is 174 Å². The number of halogens is 1. The highest BCUT2D eigenvalue weighted by Crippen LogP contribution is 2.32. The lowest BCUT2D eigenvalue weighted by Crippen LogP contribution is -2.07. The molecule has 0 atom stereocenters. The molecule has 8 heteroatoms. The molecule has 4 aromatic rings. The number of anilines is 1. The minimum Gasteiger partial charge on any atom is -0.487 e. The van der Waals surface area contributed by atoms with Gasteiger partial charge < -0.3 is 18.9 Å². The number of hydrogen-bond acceptors (Lipinski definition) is 6. The lowest BCUT2D eigenvalue weighted by molar-refractivity contribution is -0.114. The largest absolute Gasteiger partial charge is 0.487 e. The van der Waals surface area contributed by atoms with Gasteiger partial charge in [-0.25, -0.2) is 9.59 Å². The summed E-state index contributed by atoms with van der Waals surface area (Å²) in [6, 6.07) is 10.9. The Morgan fingerprint density at radius 2 is 1.70 bits per heavy atom. The van der Waals surface area contributed by atoms with Gasteiger partial charge in [0.05, 0.1) is 5.02 Å². The van der Waals surface area contributed by atoms with Crippen molar-refractivity contribution in [2.75, 3.05) is 5.32 Å². The molecule has 0 unspecified atom stereocenters. The second-order valence-electron chi connectivity index (χ2n) is 6.80. The molecule has 0 fully saturated rings. The van der Waals surface area contributed by atoms with Gasteiger partial charge in [0, 0.05) is 53.2 Å². The highest BCUT2D eigenvalue weighted by Gasteiger charge is 2.12. The molecule has 152 valence electrons. The first-order valence-corrected chi connectivity index (χ1v) is 9.39. The number of carbonyl (C=O) groups is 1. The number of fused-ring (bicyclic) bond motifs is 2. The van der Waals surface area contributed by atoms with E-state index >= 15 is 0 Å². The Morgan fingerprint density at radius 3 is 2.43 bits per heavy atom. The normalized spacial score (nSPS) is 11.0. The monoisotopic (exact) mass is 425 g/mol. The third-order valence-corrected chi connectivity index (χ3v) is 4.83. The first-order valence-electron chi connectivity index (χ1n) is 9.01. The van der Waals surface area contributed by atoms with Gasteiger partial charge in [-0.15, -0.1) is 0 Å². The van der Waals surface area contributed by atoms with Crippen LogP contribution < -0.4 is 21.3 Å². The fraction of sp³-hybridized carbons (Fsp3) is 0.136. The van der Waals surface area contributed by atoms with Gasteiger partial charge in [0.15, 0.2) is 0 Å². The fourth-order valence-electron chi connectivity index (χ4n) is 3.22.